The lowest BCUT2D eigenvalue weighted by molar-refractivity contribution is 0.210. The summed E-state index contributed by atoms with van der Waals surface area (Å²) in [4.78, 5) is 0. The van der Waals surface area contributed by atoms with Gasteiger partial charge in [0, 0.05) is 0 Å². The Hall–Kier alpha value is -1.37. The maximum atomic E-state index is 9.00. The topological polar surface area (TPSA) is 70.0 Å². The molecule has 0 bridgehead atoms. The van der Waals surface area contributed by atoms with Crippen molar-refractivity contribution in [3.8, 4) is 6.07 Å². The fourth-order valence-electron chi connectivity index (χ4n) is 1.04. The van der Waals surface area contributed by atoms with Crippen LogP contribution in [-0.4, -0.2) is 11.7 Å². The molecule has 0 heterocycles. The molecular formula is C10H12N2O. The second-order valence-corrected chi connectivity index (χ2v) is 3.27. The first kappa shape index (κ1) is 9.72. The zero-order valence-corrected chi connectivity index (χ0v) is 7.49. The molecule has 68 valence electrons. The molecule has 0 radical (unpaired) electrons. The molecule has 1 aromatic rings. The zero-order valence-electron chi connectivity index (χ0n) is 7.49. The van der Waals surface area contributed by atoms with Crippen LogP contribution in [-0.2, 0) is 5.54 Å². The van der Waals surface area contributed by atoms with Crippen LogP contribution in [0, 0.1) is 11.3 Å². The first-order valence-electron chi connectivity index (χ1n) is 4.00. The highest BCUT2D eigenvalue weighted by atomic mass is 16.3. The Labute approximate surface area is 77.4 Å². The molecule has 0 aliphatic carbocycles. The van der Waals surface area contributed by atoms with Crippen molar-refractivity contribution in [2.45, 2.75) is 12.5 Å². The van der Waals surface area contributed by atoms with E-state index in [4.69, 9.17) is 16.1 Å². The van der Waals surface area contributed by atoms with Gasteiger partial charge in [-0.25, -0.2) is 0 Å². The average molecular weight is 176 g/mol. The molecule has 0 amide bonds. The SMILES string of the molecule is CC(N)(CO)c1cccc(C#N)c1. The summed E-state index contributed by atoms with van der Waals surface area (Å²) in [6.07, 6.45) is 0. The highest BCUT2D eigenvalue weighted by molar-refractivity contribution is 5.35. The Morgan fingerprint density at radius 3 is 2.85 bits per heavy atom. The molecule has 0 saturated heterocycles. The van der Waals surface area contributed by atoms with E-state index in [-0.39, 0.29) is 6.61 Å². The lowest BCUT2D eigenvalue weighted by Gasteiger charge is -2.22. The molecule has 0 aliphatic heterocycles. The predicted octanol–water partition coefficient (Wildman–Crippen LogP) is 0.724. The summed E-state index contributed by atoms with van der Waals surface area (Å²) in [6, 6.07) is 8.98. The number of nitrogens with zero attached hydrogens (tertiary/aromatic N) is 1. The molecule has 0 aromatic heterocycles. The number of hydrogen-bond acceptors (Lipinski definition) is 3. The van der Waals surface area contributed by atoms with E-state index in [1.165, 1.54) is 0 Å². The number of hydrogen-bond donors (Lipinski definition) is 2. The standard InChI is InChI=1S/C10H12N2O/c1-10(12,7-13)9-4-2-3-8(5-9)6-11/h2-5,13H,7,12H2,1H3. The molecule has 0 fully saturated rings. The Morgan fingerprint density at radius 1 is 1.62 bits per heavy atom. The Balaban J connectivity index is 3.10. The van der Waals surface area contributed by atoms with E-state index >= 15 is 0 Å². The van der Waals surface area contributed by atoms with Crippen LogP contribution in [0.15, 0.2) is 24.3 Å². The predicted molar refractivity (Wildman–Crippen MR) is 49.8 cm³/mol. The average Bonchev–Trinajstić information content (AvgIpc) is 2.18. The van der Waals surface area contributed by atoms with Gasteiger partial charge < -0.3 is 10.8 Å². The number of nitriles is 1. The number of rotatable bonds is 2. The first-order valence-corrected chi connectivity index (χ1v) is 4.00. The summed E-state index contributed by atoms with van der Waals surface area (Å²) in [5.74, 6) is 0. The highest BCUT2D eigenvalue weighted by Gasteiger charge is 2.19. The number of aliphatic hydroxyl groups excluding tert-OH is 1. The maximum absolute atomic E-state index is 9.00. The molecule has 3 N–H and O–H groups in total. The summed E-state index contributed by atoms with van der Waals surface area (Å²) in [5.41, 5.74) is 6.36. The van der Waals surface area contributed by atoms with Crippen LogP contribution in [0.1, 0.15) is 18.1 Å². The third kappa shape index (κ3) is 2.05. The Kier molecular flexibility index (Phi) is 2.66. The van der Waals surface area contributed by atoms with Crippen molar-refractivity contribution in [1.29, 1.82) is 5.26 Å². The van der Waals surface area contributed by atoms with Gasteiger partial charge in [-0.2, -0.15) is 5.26 Å². The first-order chi connectivity index (χ1) is 6.10. The van der Waals surface area contributed by atoms with Crippen LogP contribution in [0.25, 0.3) is 0 Å². The normalized spacial score (nSPS) is 14.6. The van der Waals surface area contributed by atoms with Gasteiger partial charge in [0.1, 0.15) is 0 Å². The van der Waals surface area contributed by atoms with Crippen LogP contribution in [0.5, 0.6) is 0 Å². The van der Waals surface area contributed by atoms with Crippen molar-refractivity contribution in [2.75, 3.05) is 6.61 Å². The molecule has 1 unspecified atom stereocenters. The summed E-state index contributed by atoms with van der Waals surface area (Å²) < 4.78 is 0. The summed E-state index contributed by atoms with van der Waals surface area (Å²) in [7, 11) is 0. The van der Waals surface area contributed by atoms with Gasteiger partial charge in [-0.05, 0) is 24.6 Å². The van der Waals surface area contributed by atoms with Crippen LogP contribution in [0.3, 0.4) is 0 Å². The summed E-state index contributed by atoms with van der Waals surface area (Å²) in [5, 5.41) is 17.7. The molecule has 1 aromatic carbocycles. The second kappa shape index (κ2) is 3.56. The van der Waals surface area contributed by atoms with Crippen molar-refractivity contribution in [2.24, 2.45) is 5.73 Å². The van der Waals surface area contributed by atoms with E-state index in [1.807, 2.05) is 6.07 Å². The van der Waals surface area contributed by atoms with E-state index in [2.05, 4.69) is 0 Å². The van der Waals surface area contributed by atoms with E-state index in [9.17, 15) is 0 Å². The third-order valence-corrected chi connectivity index (χ3v) is 1.98. The smallest absolute Gasteiger partial charge is 0.0991 e. The number of aliphatic hydroxyl groups is 1. The van der Waals surface area contributed by atoms with Gasteiger partial charge >= 0.3 is 0 Å². The molecule has 1 rings (SSSR count). The van der Waals surface area contributed by atoms with Crippen molar-refractivity contribution in [1.82, 2.24) is 0 Å². The van der Waals surface area contributed by atoms with E-state index in [1.54, 1.807) is 31.2 Å². The van der Waals surface area contributed by atoms with Gasteiger partial charge in [-0.3, -0.25) is 0 Å². The largest absolute Gasteiger partial charge is 0.394 e. The maximum Gasteiger partial charge on any atom is 0.0991 e. The van der Waals surface area contributed by atoms with Crippen LogP contribution >= 0.6 is 0 Å². The highest BCUT2D eigenvalue weighted by Crippen LogP contribution is 2.17. The van der Waals surface area contributed by atoms with Gasteiger partial charge in [-0.15, -0.1) is 0 Å². The quantitative estimate of drug-likeness (QED) is 0.697. The van der Waals surface area contributed by atoms with Crippen LogP contribution in [0.4, 0.5) is 0 Å². The molecule has 3 nitrogen and oxygen atoms in total. The summed E-state index contributed by atoms with van der Waals surface area (Å²) in [6.45, 7) is 1.59. The van der Waals surface area contributed by atoms with E-state index in [0.29, 0.717) is 5.56 Å². The molecule has 0 saturated carbocycles. The number of benzene rings is 1. The Morgan fingerprint density at radius 2 is 2.31 bits per heavy atom. The lowest BCUT2D eigenvalue weighted by atomic mass is 9.93. The molecular weight excluding hydrogens is 164 g/mol. The van der Waals surface area contributed by atoms with Gasteiger partial charge in [0.2, 0.25) is 0 Å². The van der Waals surface area contributed by atoms with Crippen molar-refractivity contribution >= 4 is 0 Å². The van der Waals surface area contributed by atoms with Gasteiger partial charge in [0.05, 0.1) is 23.8 Å². The molecule has 0 spiro atoms. The Bertz CT molecular complexity index is 339. The molecule has 3 heteroatoms. The molecule has 0 aliphatic rings. The second-order valence-electron chi connectivity index (χ2n) is 3.27. The fourth-order valence-corrected chi connectivity index (χ4v) is 1.04. The van der Waals surface area contributed by atoms with Gasteiger partial charge in [-0.1, -0.05) is 12.1 Å². The minimum absolute atomic E-state index is 0.137. The fraction of sp³-hybridized carbons (Fsp3) is 0.300. The molecule has 1 atom stereocenters. The van der Waals surface area contributed by atoms with Crippen LogP contribution in [0.2, 0.25) is 0 Å². The van der Waals surface area contributed by atoms with E-state index in [0.717, 1.165) is 5.56 Å². The zero-order chi connectivity index (χ0) is 9.90. The monoisotopic (exact) mass is 176 g/mol. The van der Waals surface area contributed by atoms with Crippen molar-refractivity contribution in [3.63, 3.8) is 0 Å². The van der Waals surface area contributed by atoms with Crippen LogP contribution < -0.4 is 5.73 Å². The van der Waals surface area contributed by atoms with Crippen molar-refractivity contribution < 1.29 is 5.11 Å². The van der Waals surface area contributed by atoms with E-state index < -0.39 is 5.54 Å². The summed E-state index contributed by atoms with van der Waals surface area (Å²) >= 11 is 0. The minimum Gasteiger partial charge on any atom is -0.394 e. The third-order valence-electron chi connectivity index (χ3n) is 1.98. The lowest BCUT2D eigenvalue weighted by Crippen LogP contribution is -2.36. The minimum atomic E-state index is -0.771. The van der Waals surface area contributed by atoms with Gasteiger partial charge in [0.25, 0.3) is 0 Å². The van der Waals surface area contributed by atoms with Gasteiger partial charge in [0.15, 0.2) is 0 Å². The molecule has 13 heavy (non-hydrogen) atoms. The van der Waals surface area contributed by atoms with Crippen molar-refractivity contribution in [3.05, 3.63) is 35.4 Å². The number of nitrogens with two attached hydrogens (primary N) is 1.